The Morgan fingerprint density at radius 1 is 1.10 bits per heavy atom. The summed E-state index contributed by atoms with van der Waals surface area (Å²) in [5.74, 6) is -0.238. The number of rotatable bonds is 5. The minimum Gasteiger partial charge on any atom is -0.358 e. The molecule has 0 fully saturated rings. The van der Waals surface area contributed by atoms with Gasteiger partial charge in [0.2, 0.25) is 0 Å². The highest BCUT2D eigenvalue weighted by molar-refractivity contribution is 5.82. The molecular weight excluding hydrogens is 390 g/mol. The van der Waals surface area contributed by atoms with Crippen LogP contribution in [0.4, 0.5) is 14.6 Å². The number of benzene rings is 1. The third-order valence-electron chi connectivity index (χ3n) is 4.80. The van der Waals surface area contributed by atoms with E-state index >= 15 is 0 Å². The van der Waals surface area contributed by atoms with E-state index in [1.54, 1.807) is 23.2 Å². The Balaban J connectivity index is 1.68. The van der Waals surface area contributed by atoms with Gasteiger partial charge in [-0.3, -0.25) is 4.57 Å². The number of nitrogens with one attached hydrogen (secondary N) is 2. The van der Waals surface area contributed by atoms with Crippen LogP contribution in [0.1, 0.15) is 25.2 Å². The molecule has 0 spiro atoms. The lowest BCUT2D eigenvalue weighted by Gasteiger charge is -2.19. The Labute approximate surface area is 169 Å². The number of halogens is 2. The second-order valence-electron chi connectivity index (χ2n) is 6.71. The van der Waals surface area contributed by atoms with Crippen LogP contribution >= 0.6 is 0 Å². The first-order chi connectivity index (χ1) is 14.6. The number of fused-ring (bicyclic) bond motifs is 2. The number of aromatic nitrogens is 7. The fraction of sp³-hybridized carbons (Fsp3) is 0.150. The average Bonchev–Trinajstić information content (AvgIpc) is 3.36. The standard InChI is InChI=1S/C20H16F2N8/c1-2-14(28-18-16-17(25-9-24-16)26-10-27-18)20-29-15-4-3-5-23-19(15)30(20)13-7-11(21)6-12(22)8-13/h3-10,14H,2H2,1H3,(H2,24,25,26,27,28)/t14-/m0/s1. The molecule has 4 aromatic heterocycles. The zero-order chi connectivity index (χ0) is 20.7. The third kappa shape index (κ3) is 3.02. The van der Waals surface area contributed by atoms with Crippen molar-refractivity contribution in [2.75, 3.05) is 5.32 Å². The molecule has 10 heteroatoms. The molecule has 150 valence electrons. The van der Waals surface area contributed by atoms with Crippen LogP contribution in [0.5, 0.6) is 0 Å². The number of pyridine rings is 1. The number of nitrogens with zero attached hydrogens (tertiary/aromatic N) is 6. The predicted octanol–water partition coefficient (Wildman–Crippen LogP) is 3.93. The second kappa shape index (κ2) is 7.14. The molecule has 1 aromatic carbocycles. The van der Waals surface area contributed by atoms with E-state index in [9.17, 15) is 8.78 Å². The number of aromatic amines is 1. The summed E-state index contributed by atoms with van der Waals surface area (Å²) in [5.41, 5.74) is 2.62. The summed E-state index contributed by atoms with van der Waals surface area (Å²) >= 11 is 0. The van der Waals surface area contributed by atoms with Crippen LogP contribution in [0.25, 0.3) is 28.0 Å². The number of H-pyrrole nitrogens is 1. The van der Waals surface area contributed by atoms with E-state index in [1.807, 2.05) is 13.0 Å². The van der Waals surface area contributed by atoms with Crippen LogP contribution in [0.2, 0.25) is 0 Å². The Morgan fingerprint density at radius 3 is 2.73 bits per heavy atom. The van der Waals surface area contributed by atoms with Gasteiger partial charge in [0.1, 0.15) is 34.8 Å². The summed E-state index contributed by atoms with van der Waals surface area (Å²) in [5, 5.41) is 3.35. The highest BCUT2D eigenvalue weighted by Gasteiger charge is 2.23. The Morgan fingerprint density at radius 2 is 1.93 bits per heavy atom. The fourth-order valence-electron chi connectivity index (χ4n) is 3.48. The molecule has 8 nitrogen and oxygen atoms in total. The van der Waals surface area contributed by atoms with Crippen molar-refractivity contribution in [3.8, 4) is 5.69 Å². The number of hydrogen-bond acceptors (Lipinski definition) is 6. The van der Waals surface area contributed by atoms with Crippen LogP contribution in [-0.4, -0.2) is 34.5 Å². The van der Waals surface area contributed by atoms with E-state index < -0.39 is 11.6 Å². The molecule has 0 aliphatic carbocycles. The van der Waals surface area contributed by atoms with Gasteiger partial charge >= 0.3 is 0 Å². The van der Waals surface area contributed by atoms with Crippen LogP contribution in [0.3, 0.4) is 0 Å². The van der Waals surface area contributed by atoms with Gasteiger partial charge in [0.05, 0.1) is 18.1 Å². The zero-order valence-electron chi connectivity index (χ0n) is 15.8. The monoisotopic (exact) mass is 406 g/mol. The van der Waals surface area contributed by atoms with Crippen molar-refractivity contribution in [1.82, 2.24) is 34.5 Å². The highest BCUT2D eigenvalue weighted by Crippen LogP contribution is 2.29. The van der Waals surface area contributed by atoms with E-state index in [4.69, 9.17) is 4.98 Å². The van der Waals surface area contributed by atoms with Gasteiger partial charge in [-0.25, -0.2) is 33.7 Å². The maximum absolute atomic E-state index is 14.0. The first-order valence-corrected chi connectivity index (χ1v) is 9.34. The Kier molecular flexibility index (Phi) is 4.31. The van der Waals surface area contributed by atoms with Crippen molar-refractivity contribution in [3.63, 3.8) is 0 Å². The molecule has 2 N–H and O–H groups in total. The molecular formula is C20H16F2N8. The van der Waals surface area contributed by atoms with Gasteiger partial charge in [-0.15, -0.1) is 0 Å². The van der Waals surface area contributed by atoms with Gasteiger partial charge in [0.25, 0.3) is 0 Å². The van der Waals surface area contributed by atoms with Gasteiger partial charge in [0, 0.05) is 12.3 Å². The molecule has 1 atom stereocenters. The van der Waals surface area contributed by atoms with Gasteiger partial charge < -0.3 is 10.3 Å². The quantitative estimate of drug-likeness (QED) is 0.459. The van der Waals surface area contributed by atoms with E-state index in [0.29, 0.717) is 46.1 Å². The maximum Gasteiger partial charge on any atom is 0.182 e. The summed E-state index contributed by atoms with van der Waals surface area (Å²) in [6.45, 7) is 1.98. The molecule has 4 heterocycles. The van der Waals surface area contributed by atoms with Crippen molar-refractivity contribution >= 4 is 28.1 Å². The molecule has 0 saturated carbocycles. The second-order valence-corrected chi connectivity index (χ2v) is 6.71. The number of hydrogen-bond donors (Lipinski definition) is 2. The Hall–Kier alpha value is -3.95. The Bertz CT molecular complexity index is 1340. The molecule has 0 amide bonds. The molecule has 0 aliphatic heterocycles. The summed E-state index contributed by atoms with van der Waals surface area (Å²) in [6.07, 6.45) is 5.21. The van der Waals surface area contributed by atoms with Crippen LogP contribution in [0, 0.1) is 11.6 Å². The minimum atomic E-state index is -0.676. The molecule has 5 aromatic rings. The van der Waals surface area contributed by atoms with Crippen molar-refractivity contribution in [2.24, 2.45) is 0 Å². The topological polar surface area (TPSA) is 97.2 Å². The number of imidazole rings is 2. The van der Waals surface area contributed by atoms with Gasteiger partial charge in [0.15, 0.2) is 17.1 Å². The molecule has 0 unspecified atom stereocenters. The minimum absolute atomic E-state index is 0.304. The predicted molar refractivity (Wildman–Crippen MR) is 107 cm³/mol. The summed E-state index contributed by atoms with van der Waals surface area (Å²) in [4.78, 5) is 24.7. The van der Waals surface area contributed by atoms with Gasteiger partial charge in [-0.1, -0.05) is 6.92 Å². The summed E-state index contributed by atoms with van der Waals surface area (Å²) < 4.78 is 29.6. The lowest BCUT2D eigenvalue weighted by molar-refractivity contribution is 0.580. The lowest BCUT2D eigenvalue weighted by Crippen LogP contribution is -2.17. The third-order valence-corrected chi connectivity index (χ3v) is 4.80. The molecule has 0 saturated heterocycles. The first-order valence-electron chi connectivity index (χ1n) is 9.34. The summed E-state index contributed by atoms with van der Waals surface area (Å²) in [7, 11) is 0. The van der Waals surface area contributed by atoms with Crippen LogP contribution in [-0.2, 0) is 0 Å². The van der Waals surface area contributed by atoms with Crippen molar-refractivity contribution in [1.29, 1.82) is 0 Å². The SMILES string of the molecule is CC[C@H](Nc1ncnc2nc[nH]c12)c1nc2cccnc2n1-c1cc(F)cc(F)c1. The lowest BCUT2D eigenvalue weighted by atomic mass is 10.2. The van der Waals surface area contributed by atoms with E-state index in [1.165, 1.54) is 18.5 Å². The molecule has 0 bridgehead atoms. The van der Waals surface area contributed by atoms with Crippen molar-refractivity contribution < 1.29 is 8.78 Å². The van der Waals surface area contributed by atoms with Gasteiger partial charge in [-0.2, -0.15) is 0 Å². The first kappa shape index (κ1) is 18.1. The maximum atomic E-state index is 14.0. The molecule has 5 rings (SSSR count). The van der Waals surface area contributed by atoms with E-state index in [-0.39, 0.29) is 6.04 Å². The highest BCUT2D eigenvalue weighted by atomic mass is 19.1. The molecule has 0 radical (unpaired) electrons. The van der Waals surface area contributed by atoms with Gasteiger partial charge in [-0.05, 0) is 30.7 Å². The fourth-order valence-corrected chi connectivity index (χ4v) is 3.48. The zero-order valence-corrected chi connectivity index (χ0v) is 15.8. The van der Waals surface area contributed by atoms with E-state index in [0.717, 1.165) is 6.07 Å². The van der Waals surface area contributed by atoms with E-state index in [2.05, 4.69) is 30.2 Å². The molecule has 0 aliphatic rings. The smallest absolute Gasteiger partial charge is 0.182 e. The normalized spacial score (nSPS) is 12.5. The summed E-state index contributed by atoms with van der Waals surface area (Å²) in [6, 6.07) is 6.60. The molecule has 30 heavy (non-hydrogen) atoms. The largest absolute Gasteiger partial charge is 0.358 e. The average molecular weight is 406 g/mol. The number of anilines is 1. The van der Waals surface area contributed by atoms with Crippen LogP contribution < -0.4 is 5.32 Å². The van der Waals surface area contributed by atoms with Crippen molar-refractivity contribution in [3.05, 3.63) is 66.6 Å². The van der Waals surface area contributed by atoms with Crippen molar-refractivity contribution in [2.45, 2.75) is 19.4 Å². The van der Waals surface area contributed by atoms with Crippen LogP contribution in [0.15, 0.2) is 49.2 Å².